The van der Waals surface area contributed by atoms with Gasteiger partial charge in [0.15, 0.2) is 9.84 Å². The first-order valence-electron chi connectivity index (χ1n) is 15.4. The quantitative estimate of drug-likeness (QED) is 0.194. The van der Waals surface area contributed by atoms with Crippen molar-refractivity contribution in [2.75, 3.05) is 30.2 Å². The number of allylic oxidation sites excluding steroid dienone is 1. The predicted octanol–water partition coefficient (Wildman–Crippen LogP) is 6.93. The van der Waals surface area contributed by atoms with Gasteiger partial charge < -0.3 is 24.6 Å². The van der Waals surface area contributed by atoms with Gasteiger partial charge in [0.25, 0.3) is 0 Å². The first-order valence-corrected chi connectivity index (χ1v) is 17.1. The van der Waals surface area contributed by atoms with Gasteiger partial charge in [-0.05, 0) is 59.9 Å². The minimum Gasteiger partial charge on any atom is -0.506 e. The smallest absolute Gasteiger partial charge is 0.232 e. The van der Waals surface area contributed by atoms with Crippen molar-refractivity contribution in [2.45, 2.75) is 39.3 Å². The van der Waals surface area contributed by atoms with Gasteiger partial charge >= 0.3 is 0 Å². The molecule has 0 fully saturated rings. The number of nitrogens with zero attached hydrogens (tertiary/aromatic N) is 1. The molecule has 2 N–H and O–H groups in total. The van der Waals surface area contributed by atoms with E-state index in [4.69, 9.17) is 14.2 Å². The number of carbonyl (C=O) groups excluding carboxylic acids is 1. The Balaban J connectivity index is 1.53. The van der Waals surface area contributed by atoms with E-state index >= 15 is 4.39 Å². The summed E-state index contributed by atoms with van der Waals surface area (Å²) in [4.78, 5) is 15.8. The zero-order valence-corrected chi connectivity index (χ0v) is 27.9. The maximum absolute atomic E-state index is 16.5. The largest absolute Gasteiger partial charge is 0.506 e. The SMILES string of the molecule is COc1ccc(OC)c(CC(=O)N2c3cccc(O)c3NC3=C([C@H]2c2ccc(OCc4ccccc4)cc2F)S(=O)(=O)CC(C)(C)C3)c1. The number of hydrogen-bond acceptors (Lipinski definition) is 8. The molecule has 0 aromatic heterocycles. The van der Waals surface area contributed by atoms with Gasteiger partial charge in [-0.3, -0.25) is 9.69 Å². The van der Waals surface area contributed by atoms with Crippen LogP contribution in [0.5, 0.6) is 23.0 Å². The molecule has 2 aliphatic heterocycles. The van der Waals surface area contributed by atoms with E-state index in [0.717, 1.165) is 5.56 Å². The van der Waals surface area contributed by atoms with E-state index in [0.29, 0.717) is 17.1 Å². The molecule has 11 heteroatoms. The molecule has 48 heavy (non-hydrogen) atoms. The summed E-state index contributed by atoms with van der Waals surface area (Å²) in [6.07, 6.45) is 0.0253. The van der Waals surface area contributed by atoms with Gasteiger partial charge in [-0.1, -0.05) is 50.2 Å². The highest BCUT2D eigenvalue weighted by Gasteiger charge is 2.47. The molecule has 0 bridgehead atoms. The van der Waals surface area contributed by atoms with Gasteiger partial charge in [0.1, 0.15) is 47.2 Å². The predicted molar refractivity (Wildman–Crippen MR) is 182 cm³/mol. The molecule has 0 spiro atoms. The average molecular weight is 673 g/mol. The van der Waals surface area contributed by atoms with Crippen LogP contribution in [-0.2, 0) is 27.7 Å². The van der Waals surface area contributed by atoms with Crippen LogP contribution in [0.3, 0.4) is 0 Å². The van der Waals surface area contributed by atoms with Crippen molar-refractivity contribution in [1.82, 2.24) is 0 Å². The topological polar surface area (TPSA) is 114 Å². The molecule has 250 valence electrons. The highest BCUT2D eigenvalue weighted by molar-refractivity contribution is 7.95. The second kappa shape index (κ2) is 12.9. The highest BCUT2D eigenvalue weighted by atomic mass is 32.2. The Kier molecular flexibility index (Phi) is 8.82. The van der Waals surface area contributed by atoms with Crippen LogP contribution in [-0.4, -0.2) is 39.4 Å². The van der Waals surface area contributed by atoms with Crippen LogP contribution < -0.4 is 24.4 Å². The number of nitrogens with one attached hydrogen (secondary N) is 1. The lowest BCUT2D eigenvalue weighted by molar-refractivity contribution is -0.118. The number of phenols is 1. The number of phenolic OH excluding ortho intramolecular Hbond substituents is 1. The summed E-state index contributed by atoms with van der Waals surface area (Å²) in [6.45, 7) is 3.86. The third kappa shape index (κ3) is 6.42. The Morgan fingerprint density at radius 1 is 0.979 bits per heavy atom. The number of rotatable bonds is 8. The molecule has 0 unspecified atom stereocenters. The molecule has 4 aromatic rings. The van der Waals surface area contributed by atoms with Crippen molar-refractivity contribution in [1.29, 1.82) is 0 Å². The zero-order chi connectivity index (χ0) is 34.2. The molecule has 0 saturated heterocycles. The lowest BCUT2D eigenvalue weighted by Gasteiger charge is -2.37. The average Bonchev–Trinajstić information content (AvgIpc) is 3.19. The second-order valence-corrected chi connectivity index (χ2v) is 14.7. The number of methoxy groups -OCH3 is 2. The van der Waals surface area contributed by atoms with E-state index in [-0.39, 0.29) is 64.2 Å². The molecule has 1 amide bonds. The Hall–Kier alpha value is -5.03. The van der Waals surface area contributed by atoms with E-state index in [2.05, 4.69) is 5.32 Å². The van der Waals surface area contributed by atoms with Gasteiger partial charge in [-0.2, -0.15) is 0 Å². The fourth-order valence-electron chi connectivity index (χ4n) is 6.49. The van der Waals surface area contributed by atoms with Crippen molar-refractivity contribution in [3.05, 3.63) is 118 Å². The van der Waals surface area contributed by atoms with Gasteiger partial charge in [0, 0.05) is 22.9 Å². The molecule has 4 aromatic carbocycles. The number of sulfone groups is 1. The maximum atomic E-state index is 16.5. The fourth-order valence-corrected chi connectivity index (χ4v) is 8.85. The number of amides is 1. The standard InChI is InChI=1S/C37H37FN2O7S/c1-37(2)20-29-36(48(43,44)22-37)35(27-15-13-26(19-28(27)38)47-21-23-9-6-5-7-10-23)40(30-11-8-12-31(41)34(30)39-29)33(42)18-24-17-25(45-3)14-16-32(24)46-4/h5-17,19,35,39,41H,18,20-22H2,1-4H3/t35-/m1/s1. The van der Waals surface area contributed by atoms with Crippen LogP contribution in [0.15, 0.2) is 95.5 Å². The van der Waals surface area contributed by atoms with Crippen molar-refractivity contribution in [2.24, 2.45) is 5.41 Å². The highest BCUT2D eigenvalue weighted by Crippen LogP contribution is 2.52. The van der Waals surface area contributed by atoms with Crippen LogP contribution in [0.1, 0.15) is 43.0 Å². The Morgan fingerprint density at radius 3 is 2.44 bits per heavy atom. The van der Waals surface area contributed by atoms with Crippen molar-refractivity contribution < 1.29 is 36.9 Å². The van der Waals surface area contributed by atoms with Gasteiger partial charge in [0.2, 0.25) is 5.91 Å². The molecule has 2 aliphatic rings. The van der Waals surface area contributed by atoms with E-state index in [9.17, 15) is 18.3 Å². The van der Waals surface area contributed by atoms with Crippen LogP contribution in [0.2, 0.25) is 0 Å². The fraction of sp³-hybridized carbons (Fsp3) is 0.270. The number of carbonyl (C=O) groups is 1. The normalized spacial score (nSPS) is 17.8. The van der Waals surface area contributed by atoms with Gasteiger partial charge in [-0.25, -0.2) is 12.8 Å². The summed E-state index contributed by atoms with van der Waals surface area (Å²) < 4.78 is 61.8. The summed E-state index contributed by atoms with van der Waals surface area (Å²) in [5.74, 6) is -0.568. The number of anilines is 2. The lowest BCUT2D eigenvalue weighted by Crippen LogP contribution is -2.42. The van der Waals surface area contributed by atoms with Gasteiger partial charge in [-0.15, -0.1) is 0 Å². The molecule has 0 radical (unpaired) electrons. The minimum atomic E-state index is -4.08. The summed E-state index contributed by atoms with van der Waals surface area (Å²) in [5, 5.41) is 14.2. The summed E-state index contributed by atoms with van der Waals surface area (Å²) >= 11 is 0. The number of hydrogen-bond donors (Lipinski definition) is 2. The number of fused-ring (bicyclic) bond motifs is 1. The summed E-state index contributed by atoms with van der Waals surface area (Å²) in [6, 6.07) is 21.9. The first kappa shape index (κ1) is 32.9. The number of aromatic hydroxyl groups is 1. The zero-order valence-electron chi connectivity index (χ0n) is 27.1. The molecule has 6 rings (SSSR count). The van der Waals surface area contributed by atoms with Crippen molar-refractivity contribution in [3.8, 4) is 23.0 Å². The summed E-state index contributed by atoms with van der Waals surface area (Å²) in [5.41, 5.74) is 1.28. The molecule has 2 heterocycles. The molecule has 0 saturated carbocycles. The first-order chi connectivity index (χ1) is 22.9. The lowest BCUT2D eigenvalue weighted by atomic mass is 9.88. The Morgan fingerprint density at radius 2 is 1.73 bits per heavy atom. The number of ether oxygens (including phenoxy) is 3. The van der Waals surface area contributed by atoms with Crippen LogP contribution >= 0.6 is 0 Å². The Labute approximate surface area is 279 Å². The number of benzene rings is 4. The van der Waals surface area contributed by atoms with E-state index in [1.807, 2.05) is 44.2 Å². The number of halogens is 1. The molecular weight excluding hydrogens is 635 g/mol. The molecule has 9 nitrogen and oxygen atoms in total. The third-order valence-corrected chi connectivity index (χ3v) is 10.8. The van der Waals surface area contributed by atoms with Crippen LogP contribution in [0, 0.1) is 11.2 Å². The molecule has 0 aliphatic carbocycles. The number of para-hydroxylation sites is 1. The van der Waals surface area contributed by atoms with Crippen molar-refractivity contribution in [3.63, 3.8) is 0 Å². The summed E-state index contributed by atoms with van der Waals surface area (Å²) in [7, 11) is -1.10. The molecular formula is C37H37FN2O7S. The van der Waals surface area contributed by atoms with Gasteiger partial charge in [0.05, 0.1) is 37.0 Å². The van der Waals surface area contributed by atoms with E-state index in [1.165, 1.54) is 37.3 Å². The minimum absolute atomic E-state index is 0.0400. The third-order valence-electron chi connectivity index (χ3n) is 8.54. The van der Waals surface area contributed by atoms with Crippen molar-refractivity contribution >= 4 is 27.1 Å². The monoisotopic (exact) mass is 672 g/mol. The molecule has 1 atom stereocenters. The van der Waals surface area contributed by atoms with Crippen LogP contribution in [0.4, 0.5) is 15.8 Å². The maximum Gasteiger partial charge on any atom is 0.232 e. The van der Waals surface area contributed by atoms with E-state index in [1.54, 1.807) is 36.4 Å². The van der Waals surface area contributed by atoms with E-state index < -0.39 is 33.0 Å². The second-order valence-electron chi connectivity index (χ2n) is 12.7. The van der Waals surface area contributed by atoms with Crippen LogP contribution in [0.25, 0.3) is 0 Å². The Bertz CT molecular complexity index is 2010.